The van der Waals surface area contributed by atoms with Gasteiger partial charge in [0, 0.05) is 11.0 Å². The number of fused-ring (bicyclic) bond motifs is 1. The van der Waals surface area contributed by atoms with Gasteiger partial charge >= 0.3 is 6.09 Å². The normalized spacial score (nSPS) is 17.3. The molecule has 3 rings (SSSR count). The van der Waals surface area contributed by atoms with Gasteiger partial charge in [-0.15, -0.1) is 0 Å². The van der Waals surface area contributed by atoms with Crippen molar-refractivity contribution in [1.29, 1.82) is 0 Å². The Morgan fingerprint density at radius 3 is 2.59 bits per heavy atom. The molecule has 0 fully saturated rings. The molecule has 2 N–H and O–H groups in total. The standard InChI is InChI=1S/C21H24FNO4/c1-5-26-17-7-6-12(9-16(17)22)14-8-13-11-21(2,3)19(27-20(23)24)15(13)10-18(14)25-4/h6-10,19H,5,11H2,1-4H3,(H2,23,24). The summed E-state index contributed by atoms with van der Waals surface area (Å²) in [5.41, 5.74) is 8.30. The van der Waals surface area contributed by atoms with Crippen LogP contribution in [-0.2, 0) is 11.2 Å². The lowest BCUT2D eigenvalue weighted by Gasteiger charge is -2.26. The smallest absolute Gasteiger partial charge is 0.405 e. The second kappa shape index (κ2) is 7.10. The van der Waals surface area contributed by atoms with Crippen molar-refractivity contribution in [3.63, 3.8) is 0 Å². The largest absolute Gasteiger partial charge is 0.496 e. The van der Waals surface area contributed by atoms with Gasteiger partial charge in [-0.05, 0) is 54.3 Å². The highest BCUT2D eigenvalue weighted by molar-refractivity contribution is 5.74. The maximum atomic E-state index is 14.3. The fraction of sp³-hybridized carbons (Fsp3) is 0.381. The number of amides is 1. The van der Waals surface area contributed by atoms with Crippen molar-refractivity contribution in [3.8, 4) is 22.6 Å². The van der Waals surface area contributed by atoms with Crippen molar-refractivity contribution < 1.29 is 23.4 Å². The maximum Gasteiger partial charge on any atom is 0.405 e. The zero-order chi connectivity index (χ0) is 19.8. The van der Waals surface area contributed by atoms with Gasteiger partial charge in [0.15, 0.2) is 11.6 Å². The Hall–Kier alpha value is -2.76. The molecule has 0 aromatic heterocycles. The van der Waals surface area contributed by atoms with Crippen LogP contribution in [0.5, 0.6) is 11.5 Å². The lowest BCUT2D eigenvalue weighted by Crippen LogP contribution is -2.25. The Labute approximate surface area is 158 Å². The van der Waals surface area contributed by atoms with E-state index in [0.717, 1.165) is 16.7 Å². The number of halogens is 1. The average molecular weight is 373 g/mol. The molecule has 1 aliphatic carbocycles. The molecule has 2 aromatic rings. The van der Waals surface area contributed by atoms with Crippen LogP contribution in [0, 0.1) is 11.2 Å². The Bertz CT molecular complexity index is 879. The molecule has 0 heterocycles. The number of nitrogens with two attached hydrogens (primary N) is 1. The number of ether oxygens (including phenoxy) is 3. The minimum Gasteiger partial charge on any atom is -0.496 e. The van der Waals surface area contributed by atoms with Crippen LogP contribution in [0.4, 0.5) is 9.18 Å². The summed E-state index contributed by atoms with van der Waals surface area (Å²) in [7, 11) is 1.56. The van der Waals surface area contributed by atoms with E-state index in [1.807, 2.05) is 32.9 Å². The highest BCUT2D eigenvalue weighted by Gasteiger charge is 2.42. The maximum absolute atomic E-state index is 14.3. The van der Waals surface area contributed by atoms with E-state index >= 15 is 0 Å². The zero-order valence-electron chi connectivity index (χ0n) is 16.0. The lowest BCUT2D eigenvalue weighted by molar-refractivity contribution is 0.0391. The first-order valence-corrected chi connectivity index (χ1v) is 8.86. The summed E-state index contributed by atoms with van der Waals surface area (Å²) in [6.45, 7) is 6.24. The Balaban J connectivity index is 2.07. The number of carbonyl (C=O) groups excluding carboxylic acids is 1. The number of rotatable bonds is 5. The van der Waals surface area contributed by atoms with Crippen LogP contribution in [-0.4, -0.2) is 19.8 Å². The molecule has 0 bridgehead atoms. The van der Waals surface area contributed by atoms with Crippen LogP contribution >= 0.6 is 0 Å². The van der Waals surface area contributed by atoms with Crippen LogP contribution in [0.1, 0.15) is 38.0 Å². The van der Waals surface area contributed by atoms with Gasteiger partial charge < -0.3 is 19.9 Å². The number of methoxy groups -OCH3 is 1. The second-order valence-corrected chi connectivity index (χ2v) is 7.31. The van der Waals surface area contributed by atoms with E-state index in [1.165, 1.54) is 6.07 Å². The monoisotopic (exact) mass is 373 g/mol. The van der Waals surface area contributed by atoms with E-state index in [1.54, 1.807) is 19.2 Å². The van der Waals surface area contributed by atoms with E-state index in [4.69, 9.17) is 19.9 Å². The van der Waals surface area contributed by atoms with Gasteiger partial charge in [-0.2, -0.15) is 0 Å². The topological polar surface area (TPSA) is 70.8 Å². The molecular formula is C21H24FNO4. The van der Waals surface area contributed by atoms with Crippen molar-refractivity contribution >= 4 is 6.09 Å². The van der Waals surface area contributed by atoms with Crippen molar-refractivity contribution in [1.82, 2.24) is 0 Å². The Morgan fingerprint density at radius 1 is 1.26 bits per heavy atom. The van der Waals surface area contributed by atoms with Gasteiger partial charge in [0.05, 0.1) is 13.7 Å². The number of carbonyl (C=O) groups is 1. The first-order chi connectivity index (χ1) is 12.8. The van der Waals surface area contributed by atoms with Gasteiger partial charge in [-0.3, -0.25) is 0 Å². The molecule has 1 atom stereocenters. The molecule has 5 nitrogen and oxygen atoms in total. The lowest BCUT2D eigenvalue weighted by atomic mass is 9.87. The number of benzene rings is 2. The quantitative estimate of drug-likeness (QED) is 0.830. The molecule has 6 heteroatoms. The van der Waals surface area contributed by atoms with Crippen molar-refractivity contribution in [2.24, 2.45) is 11.1 Å². The third kappa shape index (κ3) is 3.56. The molecule has 0 radical (unpaired) electrons. The van der Waals surface area contributed by atoms with E-state index < -0.39 is 18.0 Å². The molecule has 0 saturated carbocycles. The number of primary amides is 1. The first kappa shape index (κ1) is 19.0. The van der Waals surface area contributed by atoms with E-state index in [9.17, 15) is 9.18 Å². The summed E-state index contributed by atoms with van der Waals surface area (Å²) in [5.74, 6) is 0.373. The predicted molar refractivity (Wildman–Crippen MR) is 100 cm³/mol. The van der Waals surface area contributed by atoms with Crippen LogP contribution in [0.3, 0.4) is 0 Å². The minimum atomic E-state index is -0.808. The summed E-state index contributed by atoms with van der Waals surface area (Å²) in [4.78, 5) is 11.3. The molecule has 27 heavy (non-hydrogen) atoms. The van der Waals surface area contributed by atoms with Gasteiger partial charge in [-0.1, -0.05) is 19.9 Å². The van der Waals surface area contributed by atoms with Crippen molar-refractivity contribution in [2.45, 2.75) is 33.3 Å². The third-order valence-corrected chi connectivity index (χ3v) is 4.88. The fourth-order valence-corrected chi connectivity index (χ4v) is 3.72. The van der Waals surface area contributed by atoms with Crippen LogP contribution in [0.2, 0.25) is 0 Å². The SMILES string of the molecule is CCOc1ccc(-c2cc3c(cc2OC)C(OC(N)=O)C(C)(C)C3)cc1F. The van der Waals surface area contributed by atoms with Gasteiger partial charge in [0.1, 0.15) is 11.9 Å². The van der Waals surface area contributed by atoms with E-state index in [2.05, 4.69) is 0 Å². The van der Waals surface area contributed by atoms with Crippen molar-refractivity contribution in [3.05, 3.63) is 47.3 Å². The Morgan fingerprint density at radius 2 is 2.00 bits per heavy atom. The fourth-order valence-electron chi connectivity index (χ4n) is 3.72. The third-order valence-electron chi connectivity index (χ3n) is 4.88. The summed E-state index contributed by atoms with van der Waals surface area (Å²) >= 11 is 0. The molecule has 1 amide bonds. The van der Waals surface area contributed by atoms with Crippen LogP contribution in [0.25, 0.3) is 11.1 Å². The van der Waals surface area contributed by atoms with E-state index in [0.29, 0.717) is 24.3 Å². The number of hydrogen-bond donors (Lipinski definition) is 1. The summed E-state index contributed by atoms with van der Waals surface area (Å²) < 4.78 is 30.5. The zero-order valence-corrected chi connectivity index (χ0v) is 16.0. The average Bonchev–Trinajstić information content (AvgIpc) is 2.84. The first-order valence-electron chi connectivity index (χ1n) is 8.86. The predicted octanol–water partition coefficient (Wildman–Crippen LogP) is 4.62. The van der Waals surface area contributed by atoms with Crippen LogP contribution < -0.4 is 15.2 Å². The molecule has 1 aliphatic rings. The molecular weight excluding hydrogens is 349 g/mol. The van der Waals surface area contributed by atoms with Gasteiger partial charge in [-0.25, -0.2) is 9.18 Å². The van der Waals surface area contributed by atoms with Crippen LogP contribution in [0.15, 0.2) is 30.3 Å². The highest BCUT2D eigenvalue weighted by atomic mass is 19.1. The number of hydrogen-bond acceptors (Lipinski definition) is 4. The summed E-state index contributed by atoms with van der Waals surface area (Å²) in [6, 6.07) is 8.67. The molecule has 1 unspecified atom stereocenters. The summed E-state index contributed by atoms with van der Waals surface area (Å²) in [5, 5.41) is 0. The molecule has 144 valence electrons. The Kier molecular flexibility index (Phi) is 5.00. The van der Waals surface area contributed by atoms with Crippen molar-refractivity contribution in [2.75, 3.05) is 13.7 Å². The van der Waals surface area contributed by atoms with E-state index in [-0.39, 0.29) is 11.2 Å². The second-order valence-electron chi connectivity index (χ2n) is 7.31. The molecule has 0 aliphatic heterocycles. The summed E-state index contributed by atoms with van der Waals surface area (Å²) in [6.07, 6.45) is -0.556. The molecule has 0 saturated heterocycles. The molecule has 2 aromatic carbocycles. The van der Waals surface area contributed by atoms with Gasteiger partial charge in [0.2, 0.25) is 0 Å². The minimum absolute atomic E-state index is 0.220. The van der Waals surface area contributed by atoms with Gasteiger partial charge in [0.25, 0.3) is 0 Å². The molecule has 0 spiro atoms. The highest BCUT2D eigenvalue weighted by Crippen LogP contribution is 2.50.